The van der Waals surface area contributed by atoms with Crippen molar-refractivity contribution in [2.75, 3.05) is 31.1 Å². The summed E-state index contributed by atoms with van der Waals surface area (Å²) in [5.74, 6) is 0.802. The third kappa shape index (κ3) is 3.15. The summed E-state index contributed by atoms with van der Waals surface area (Å²) in [6.45, 7) is 4.46. The van der Waals surface area contributed by atoms with Gasteiger partial charge in [-0.3, -0.25) is 4.90 Å². The van der Waals surface area contributed by atoms with Gasteiger partial charge in [-0.1, -0.05) is 11.6 Å². The number of piperazine rings is 1. The number of halogens is 1. The molecule has 0 radical (unpaired) electrons. The molecule has 4 rings (SSSR count). The fraction of sp³-hybridized carbons (Fsp3) is 0.353. The summed E-state index contributed by atoms with van der Waals surface area (Å²) < 4.78 is 5.01. The lowest BCUT2D eigenvalue weighted by Gasteiger charge is -2.34. The van der Waals surface area contributed by atoms with Gasteiger partial charge in [0.05, 0.1) is 17.7 Å². The van der Waals surface area contributed by atoms with Gasteiger partial charge in [-0.25, -0.2) is 9.97 Å². The van der Waals surface area contributed by atoms with E-state index in [2.05, 4.69) is 24.3 Å². The molecule has 0 atom stereocenters. The molecule has 3 heterocycles. The van der Waals surface area contributed by atoms with E-state index >= 15 is 0 Å². The summed E-state index contributed by atoms with van der Waals surface area (Å²) in [5.41, 5.74) is 2.18. The zero-order chi connectivity index (χ0) is 17.4. The Kier molecular flexibility index (Phi) is 4.45. The summed E-state index contributed by atoms with van der Waals surface area (Å²) in [5, 5.41) is 0.730. The molecule has 8 heteroatoms. The second-order valence-electron chi connectivity index (χ2n) is 6.20. The number of nitrogens with zero attached hydrogens (tertiary/aromatic N) is 6. The molecule has 3 aromatic rings. The number of anilines is 1. The van der Waals surface area contributed by atoms with Gasteiger partial charge >= 0.3 is 0 Å². The minimum atomic E-state index is 0.730. The number of hydrogen-bond donors (Lipinski definition) is 0. The first-order valence-electron chi connectivity index (χ1n) is 8.22. The Hall–Kier alpha value is -1.96. The van der Waals surface area contributed by atoms with E-state index in [1.807, 2.05) is 35.9 Å². The summed E-state index contributed by atoms with van der Waals surface area (Å²) in [7, 11) is 2.00. The van der Waals surface area contributed by atoms with Crippen molar-refractivity contribution in [2.45, 2.75) is 6.67 Å². The van der Waals surface area contributed by atoms with Crippen LogP contribution in [0.25, 0.3) is 11.0 Å². The van der Waals surface area contributed by atoms with Crippen LogP contribution in [0, 0.1) is 4.77 Å². The molecule has 0 N–H and O–H groups in total. The van der Waals surface area contributed by atoms with Gasteiger partial charge in [-0.15, -0.1) is 0 Å². The van der Waals surface area contributed by atoms with Crippen molar-refractivity contribution in [1.29, 1.82) is 0 Å². The highest BCUT2D eigenvalue weighted by atomic mass is 35.5. The van der Waals surface area contributed by atoms with Crippen molar-refractivity contribution < 1.29 is 0 Å². The number of aryl methyl sites for hydroxylation is 1. The predicted octanol–water partition coefficient (Wildman–Crippen LogP) is 2.93. The van der Waals surface area contributed by atoms with Crippen LogP contribution in [0.1, 0.15) is 0 Å². The van der Waals surface area contributed by atoms with Crippen LogP contribution in [0.5, 0.6) is 0 Å². The lowest BCUT2D eigenvalue weighted by Crippen LogP contribution is -2.47. The first-order valence-corrected chi connectivity index (χ1v) is 9.01. The Labute approximate surface area is 156 Å². The van der Waals surface area contributed by atoms with Gasteiger partial charge in [-0.05, 0) is 36.5 Å². The van der Waals surface area contributed by atoms with E-state index in [0.29, 0.717) is 0 Å². The quantitative estimate of drug-likeness (QED) is 0.659. The van der Waals surface area contributed by atoms with E-state index in [1.165, 1.54) is 0 Å². The normalized spacial score (nSPS) is 15.8. The Bertz CT molecular complexity index is 943. The predicted molar refractivity (Wildman–Crippen MR) is 103 cm³/mol. The van der Waals surface area contributed by atoms with Crippen molar-refractivity contribution in [3.8, 4) is 0 Å². The molecule has 1 aromatic carbocycles. The molecule has 0 bridgehead atoms. The molecule has 0 aliphatic carbocycles. The fourth-order valence-electron chi connectivity index (χ4n) is 3.26. The average molecular weight is 375 g/mol. The van der Waals surface area contributed by atoms with E-state index in [0.717, 1.165) is 59.6 Å². The zero-order valence-corrected chi connectivity index (χ0v) is 15.5. The van der Waals surface area contributed by atoms with Crippen molar-refractivity contribution in [1.82, 2.24) is 24.0 Å². The maximum atomic E-state index is 6.19. The molecule has 6 nitrogen and oxygen atoms in total. The highest BCUT2D eigenvalue weighted by Crippen LogP contribution is 2.22. The van der Waals surface area contributed by atoms with Crippen molar-refractivity contribution in [3.63, 3.8) is 0 Å². The molecule has 0 spiro atoms. The van der Waals surface area contributed by atoms with Crippen molar-refractivity contribution >= 4 is 40.8 Å². The lowest BCUT2D eigenvalue weighted by molar-refractivity contribution is 0.206. The van der Waals surface area contributed by atoms with E-state index in [4.69, 9.17) is 23.8 Å². The lowest BCUT2D eigenvalue weighted by atomic mass is 10.3. The zero-order valence-electron chi connectivity index (χ0n) is 14.0. The van der Waals surface area contributed by atoms with Gasteiger partial charge < -0.3 is 14.0 Å². The first kappa shape index (κ1) is 16.5. The van der Waals surface area contributed by atoms with Crippen LogP contribution >= 0.6 is 23.8 Å². The molecule has 130 valence electrons. The smallest absolute Gasteiger partial charge is 0.225 e. The van der Waals surface area contributed by atoms with Crippen LogP contribution in [0.2, 0.25) is 5.02 Å². The van der Waals surface area contributed by atoms with Crippen LogP contribution in [-0.4, -0.2) is 50.2 Å². The summed E-state index contributed by atoms with van der Waals surface area (Å²) >= 11 is 11.8. The van der Waals surface area contributed by atoms with Crippen molar-refractivity contribution in [3.05, 3.63) is 46.5 Å². The van der Waals surface area contributed by atoms with E-state index in [1.54, 1.807) is 12.4 Å². The fourth-order valence-corrected chi connectivity index (χ4v) is 3.68. The van der Waals surface area contributed by atoms with Crippen LogP contribution < -0.4 is 4.90 Å². The Morgan fingerprint density at radius 3 is 2.52 bits per heavy atom. The Morgan fingerprint density at radius 1 is 1.08 bits per heavy atom. The van der Waals surface area contributed by atoms with Crippen LogP contribution in [0.3, 0.4) is 0 Å². The molecule has 1 saturated heterocycles. The molecule has 1 aliphatic heterocycles. The van der Waals surface area contributed by atoms with E-state index in [-0.39, 0.29) is 0 Å². The highest BCUT2D eigenvalue weighted by Gasteiger charge is 2.20. The summed E-state index contributed by atoms with van der Waals surface area (Å²) in [4.78, 5) is 13.3. The molecule has 1 fully saturated rings. The molecule has 0 saturated carbocycles. The summed E-state index contributed by atoms with van der Waals surface area (Å²) in [6.07, 6.45) is 3.57. The summed E-state index contributed by atoms with van der Waals surface area (Å²) in [6, 6.07) is 7.75. The SMILES string of the molecule is Cn1c(=S)n(CN2CCN(c3ncccn3)CC2)c2cc(Cl)ccc21. The largest absolute Gasteiger partial charge is 0.338 e. The minimum absolute atomic E-state index is 0.730. The minimum Gasteiger partial charge on any atom is -0.338 e. The third-order valence-corrected chi connectivity index (χ3v) is 5.39. The number of benzene rings is 1. The number of fused-ring (bicyclic) bond motifs is 1. The van der Waals surface area contributed by atoms with Gasteiger partial charge in [0.2, 0.25) is 5.95 Å². The van der Waals surface area contributed by atoms with Crippen molar-refractivity contribution in [2.24, 2.45) is 7.05 Å². The van der Waals surface area contributed by atoms with Gasteiger partial charge in [0, 0.05) is 50.6 Å². The van der Waals surface area contributed by atoms with Gasteiger partial charge in [0.1, 0.15) is 0 Å². The Morgan fingerprint density at radius 2 is 1.80 bits per heavy atom. The van der Waals surface area contributed by atoms with Gasteiger partial charge in [0.15, 0.2) is 4.77 Å². The topological polar surface area (TPSA) is 42.1 Å². The third-order valence-electron chi connectivity index (χ3n) is 4.66. The van der Waals surface area contributed by atoms with E-state index < -0.39 is 0 Å². The second kappa shape index (κ2) is 6.74. The van der Waals surface area contributed by atoms with Crippen LogP contribution in [0.15, 0.2) is 36.7 Å². The molecule has 1 aliphatic rings. The highest BCUT2D eigenvalue weighted by molar-refractivity contribution is 7.71. The molecular formula is C17H19ClN6S. The monoisotopic (exact) mass is 374 g/mol. The number of aromatic nitrogens is 4. The molecule has 0 unspecified atom stereocenters. The Balaban J connectivity index is 1.53. The number of hydrogen-bond acceptors (Lipinski definition) is 5. The molecule has 2 aromatic heterocycles. The van der Waals surface area contributed by atoms with E-state index in [9.17, 15) is 0 Å². The second-order valence-corrected chi connectivity index (χ2v) is 7.00. The maximum absolute atomic E-state index is 6.19. The number of rotatable bonds is 3. The molecule has 0 amide bonds. The van der Waals surface area contributed by atoms with Crippen LogP contribution in [0.4, 0.5) is 5.95 Å². The van der Waals surface area contributed by atoms with Gasteiger partial charge in [-0.2, -0.15) is 0 Å². The average Bonchev–Trinajstić information content (AvgIpc) is 2.87. The van der Waals surface area contributed by atoms with Gasteiger partial charge in [0.25, 0.3) is 0 Å². The first-order chi connectivity index (χ1) is 12.1. The van der Waals surface area contributed by atoms with Crippen LogP contribution in [-0.2, 0) is 13.7 Å². The molecular weight excluding hydrogens is 356 g/mol. The maximum Gasteiger partial charge on any atom is 0.225 e. The number of imidazole rings is 1. The molecule has 25 heavy (non-hydrogen) atoms. The standard InChI is InChI=1S/C17H19ClN6S/c1-21-14-4-3-13(18)11-15(14)24(17(21)25)12-22-7-9-23(10-8-22)16-19-5-2-6-20-16/h2-6,11H,7-10,12H2,1H3.